The Bertz CT molecular complexity index is 1680. The van der Waals surface area contributed by atoms with E-state index >= 15 is 8.78 Å². The maximum Gasteiger partial charge on any atom is 0.319 e. The quantitative estimate of drug-likeness (QED) is 0.300. The van der Waals surface area contributed by atoms with Crippen LogP contribution in [0, 0.1) is 17.5 Å². The van der Waals surface area contributed by atoms with Gasteiger partial charge in [-0.05, 0) is 69.8 Å². The van der Waals surface area contributed by atoms with Crippen molar-refractivity contribution in [3.05, 3.63) is 47.9 Å². The van der Waals surface area contributed by atoms with E-state index in [2.05, 4.69) is 39.1 Å². The van der Waals surface area contributed by atoms with Crippen molar-refractivity contribution < 1.29 is 23.0 Å². The molecule has 0 radical (unpaired) electrons. The summed E-state index contributed by atoms with van der Waals surface area (Å²) in [4.78, 5) is 18.0. The third-order valence-corrected chi connectivity index (χ3v) is 9.05. The SMILES string of the molecule is CC.CN1CCC[C@@]1(C)COc1nc(N2CC3CCC(C2)N3)c2cnc(-c3cc(O)cc4ccc(F)c(F)c34)c(F)c2n1. The van der Waals surface area contributed by atoms with Crippen molar-refractivity contribution in [2.75, 3.05) is 38.2 Å². The number of hydrogen-bond acceptors (Lipinski definition) is 8. The van der Waals surface area contributed by atoms with Gasteiger partial charge in [0, 0.05) is 42.3 Å². The molecule has 43 heavy (non-hydrogen) atoms. The molecule has 0 aliphatic carbocycles. The number of pyridine rings is 1. The number of aromatic hydroxyl groups is 1. The molecule has 3 saturated heterocycles. The molecule has 0 saturated carbocycles. The van der Waals surface area contributed by atoms with Crippen LogP contribution in [0.5, 0.6) is 11.8 Å². The van der Waals surface area contributed by atoms with Crippen molar-refractivity contribution >= 4 is 27.5 Å². The van der Waals surface area contributed by atoms with Crippen molar-refractivity contribution in [1.29, 1.82) is 0 Å². The molecule has 3 aliphatic heterocycles. The Kier molecular flexibility index (Phi) is 7.80. The zero-order valence-corrected chi connectivity index (χ0v) is 24.9. The number of hydrogen-bond donors (Lipinski definition) is 2. The van der Waals surface area contributed by atoms with Crippen molar-refractivity contribution in [3.8, 4) is 23.0 Å². The first-order chi connectivity index (χ1) is 20.7. The van der Waals surface area contributed by atoms with Crippen molar-refractivity contribution in [2.24, 2.45) is 0 Å². The highest BCUT2D eigenvalue weighted by molar-refractivity contribution is 6.00. The zero-order chi connectivity index (χ0) is 30.5. The standard InChI is InChI=1S/C30H31F3N6O2.C2H6/c1-30(8-3-9-38(30)2)15-41-29-36-27-21(28(37-29)39-13-17-5-6-18(14-39)35-17)12-34-26(25(27)33)20-11-19(40)10-16-4-7-22(31)24(32)23(16)20;1-2/h4,7,10-12,17-18,35,40H,3,5-6,8-9,13-15H2,1-2H3;1-2H3/t17?,18?,30-;/m0./s1. The maximum atomic E-state index is 16.5. The lowest BCUT2D eigenvalue weighted by molar-refractivity contribution is 0.108. The van der Waals surface area contributed by atoms with Crippen LogP contribution in [0.4, 0.5) is 19.0 Å². The number of aromatic nitrogens is 3. The van der Waals surface area contributed by atoms with Crippen LogP contribution in [-0.4, -0.2) is 75.9 Å². The fourth-order valence-electron chi connectivity index (χ4n) is 6.61. The van der Waals surface area contributed by atoms with Gasteiger partial charge in [-0.25, -0.2) is 13.2 Å². The van der Waals surface area contributed by atoms with Gasteiger partial charge in [-0.3, -0.25) is 9.88 Å². The summed E-state index contributed by atoms with van der Waals surface area (Å²) < 4.78 is 51.9. The predicted molar refractivity (Wildman–Crippen MR) is 161 cm³/mol. The third-order valence-electron chi connectivity index (χ3n) is 9.05. The Balaban J connectivity index is 0.00000161. The minimum atomic E-state index is -1.14. The minimum Gasteiger partial charge on any atom is -0.508 e. The number of likely N-dealkylation sites (tertiary alicyclic amines) is 1. The molecule has 8 nitrogen and oxygen atoms in total. The molecule has 2 N–H and O–H groups in total. The molecule has 5 heterocycles. The van der Waals surface area contributed by atoms with Crippen LogP contribution in [0.2, 0.25) is 0 Å². The van der Waals surface area contributed by atoms with Gasteiger partial charge in [-0.2, -0.15) is 9.97 Å². The average molecular weight is 595 g/mol. The Morgan fingerprint density at radius 2 is 1.81 bits per heavy atom. The second-order valence-electron chi connectivity index (χ2n) is 11.8. The van der Waals surface area contributed by atoms with Gasteiger partial charge in [0.15, 0.2) is 17.5 Å². The van der Waals surface area contributed by atoms with Gasteiger partial charge >= 0.3 is 6.01 Å². The number of piperazine rings is 1. The van der Waals surface area contributed by atoms with Gasteiger partial charge in [-0.15, -0.1) is 0 Å². The fraction of sp³-hybridized carbons (Fsp3) is 0.469. The molecule has 2 aromatic heterocycles. The molecule has 7 rings (SSSR count). The number of ether oxygens (including phenoxy) is 1. The number of nitrogens with one attached hydrogen (secondary N) is 1. The summed E-state index contributed by atoms with van der Waals surface area (Å²) in [6, 6.07) is 5.45. The Labute approximate surface area is 248 Å². The second kappa shape index (κ2) is 11.4. The van der Waals surface area contributed by atoms with Gasteiger partial charge in [0.1, 0.15) is 29.4 Å². The second-order valence-corrected chi connectivity index (χ2v) is 11.8. The third kappa shape index (κ3) is 5.22. The number of nitrogens with zero attached hydrogens (tertiary/aromatic N) is 5. The highest BCUT2D eigenvalue weighted by atomic mass is 19.2. The van der Waals surface area contributed by atoms with E-state index in [4.69, 9.17) is 9.72 Å². The van der Waals surface area contributed by atoms with E-state index in [1.54, 1.807) is 0 Å². The highest BCUT2D eigenvalue weighted by Crippen LogP contribution is 2.39. The number of fused-ring (bicyclic) bond motifs is 4. The summed E-state index contributed by atoms with van der Waals surface area (Å²) in [5, 5.41) is 14.4. The minimum absolute atomic E-state index is 0.0286. The Hall–Kier alpha value is -3.70. The molecule has 0 spiro atoms. The summed E-state index contributed by atoms with van der Waals surface area (Å²) in [6.07, 6.45) is 5.60. The van der Waals surface area contributed by atoms with Crippen LogP contribution < -0.4 is 15.0 Å². The monoisotopic (exact) mass is 594 g/mol. The number of phenols is 1. The molecule has 2 aromatic carbocycles. The van der Waals surface area contributed by atoms with Gasteiger partial charge < -0.3 is 20.1 Å². The number of halogens is 3. The number of likely N-dealkylation sites (N-methyl/N-ethyl adjacent to an activating group) is 1. The zero-order valence-electron chi connectivity index (χ0n) is 24.9. The Morgan fingerprint density at radius 3 is 2.51 bits per heavy atom. The van der Waals surface area contributed by atoms with Crippen molar-refractivity contribution in [3.63, 3.8) is 0 Å². The first-order valence-corrected chi connectivity index (χ1v) is 15.0. The summed E-state index contributed by atoms with van der Waals surface area (Å²) in [7, 11) is 2.05. The molecule has 228 valence electrons. The smallest absolute Gasteiger partial charge is 0.319 e. The van der Waals surface area contributed by atoms with Crippen LogP contribution in [0.15, 0.2) is 30.5 Å². The van der Waals surface area contributed by atoms with E-state index in [0.717, 1.165) is 38.3 Å². The largest absolute Gasteiger partial charge is 0.508 e. The summed E-state index contributed by atoms with van der Waals surface area (Å²) >= 11 is 0. The van der Waals surface area contributed by atoms with Gasteiger partial charge in [0.25, 0.3) is 0 Å². The number of phenolic OH excluding ortho intramolecular Hbond substituents is 1. The van der Waals surface area contributed by atoms with Crippen molar-refractivity contribution in [2.45, 2.75) is 64.1 Å². The van der Waals surface area contributed by atoms with E-state index in [0.29, 0.717) is 43.0 Å². The number of rotatable bonds is 5. The summed E-state index contributed by atoms with van der Waals surface area (Å²) in [5.74, 6) is -2.74. The predicted octanol–water partition coefficient (Wildman–Crippen LogP) is 5.80. The van der Waals surface area contributed by atoms with Gasteiger partial charge in [0.2, 0.25) is 0 Å². The summed E-state index contributed by atoms with van der Waals surface area (Å²) in [6.45, 7) is 8.83. The van der Waals surface area contributed by atoms with E-state index in [9.17, 15) is 9.50 Å². The molecule has 4 aromatic rings. The molecular formula is C32H37F3N6O2. The number of benzene rings is 2. The van der Waals surface area contributed by atoms with Crippen LogP contribution >= 0.6 is 0 Å². The lowest BCUT2D eigenvalue weighted by atomic mass is 9.99. The van der Waals surface area contributed by atoms with E-state index in [1.165, 1.54) is 24.4 Å². The summed E-state index contributed by atoms with van der Waals surface area (Å²) in [5.41, 5.74) is -0.545. The van der Waals surface area contributed by atoms with Crippen LogP contribution in [0.1, 0.15) is 46.5 Å². The fourth-order valence-corrected chi connectivity index (χ4v) is 6.61. The number of anilines is 1. The van der Waals surface area contributed by atoms with Crippen LogP contribution in [-0.2, 0) is 0 Å². The first kappa shape index (κ1) is 29.4. The molecule has 3 atom stereocenters. The molecule has 2 bridgehead atoms. The molecule has 0 amide bonds. The highest BCUT2D eigenvalue weighted by Gasteiger charge is 2.36. The lowest BCUT2D eigenvalue weighted by Gasteiger charge is -2.34. The first-order valence-electron chi connectivity index (χ1n) is 15.0. The normalized spacial score (nSPS) is 23.6. The molecule has 2 unspecified atom stereocenters. The van der Waals surface area contributed by atoms with Crippen LogP contribution in [0.25, 0.3) is 32.9 Å². The van der Waals surface area contributed by atoms with Crippen LogP contribution in [0.3, 0.4) is 0 Å². The maximum absolute atomic E-state index is 16.5. The van der Waals surface area contributed by atoms with Gasteiger partial charge in [-0.1, -0.05) is 19.9 Å². The average Bonchev–Trinajstić information content (AvgIpc) is 3.53. The molecule has 11 heteroatoms. The van der Waals surface area contributed by atoms with E-state index < -0.39 is 17.5 Å². The van der Waals surface area contributed by atoms with Crippen molar-refractivity contribution in [1.82, 2.24) is 25.2 Å². The molecule has 3 fully saturated rings. The topological polar surface area (TPSA) is 86.6 Å². The van der Waals surface area contributed by atoms with E-state index in [-0.39, 0.29) is 44.8 Å². The van der Waals surface area contributed by atoms with E-state index in [1.807, 2.05) is 13.8 Å². The lowest BCUT2D eigenvalue weighted by Crippen LogP contribution is -2.51. The molecular weight excluding hydrogens is 557 g/mol. The Morgan fingerprint density at radius 1 is 1.07 bits per heavy atom. The van der Waals surface area contributed by atoms with Gasteiger partial charge in [0.05, 0.1) is 10.9 Å². The molecule has 3 aliphatic rings.